The lowest BCUT2D eigenvalue weighted by atomic mass is 10.0. The molecule has 23 heavy (non-hydrogen) atoms. The van der Waals surface area contributed by atoms with Crippen LogP contribution in [-0.2, 0) is 0 Å². The molecule has 0 spiro atoms. The molecule has 1 unspecified atom stereocenters. The molecule has 5 nitrogen and oxygen atoms in total. The van der Waals surface area contributed by atoms with E-state index in [0.717, 1.165) is 40.7 Å². The molecule has 0 bridgehead atoms. The molecule has 0 aliphatic heterocycles. The maximum Gasteiger partial charge on any atom is 0.203 e. The lowest BCUT2D eigenvalue weighted by Gasteiger charge is -2.28. The van der Waals surface area contributed by atoms with Gasteiger partial charge in [0.05, 0.1) is 5.52 Å². The molecule has 0 aliphatic rings. The molecule has 1 atom stereocenters. The summed E-state index contributed by atoms with van der Waals surface area (Å²) in [5, 5.41) is 1.03. The number of fused-ring (bicyclic) bond motifs is 3. The van der Waals surface area contributed by atoms with Gasteiger partial charge in [0.25, 0.3) is 0 Å². The van der Waals surface area contributed by atoms with Crippen LogP contribution in [0.25, 0.3) is 21.9 Å². The van der Waals surface area contributed by atoms with Crippen LogP contribution in [0.3, 0.4) is 0 Å². The summed E-state index contributed by atoms with van der Waals surface area (Å²) >= 11 is 0. The van der Waals surface area contributed by atoms with Crippen molar-refractivity contribution in [1.82, 2.24) is 15.0 Å². The van der Waals surface area contributed by atoms with E-state index >= 15 is 0 Å². The number of nitrogen functional groups attached to an aromatic ring is 1. The SMILES string of the molecule is CCC(CC(C)C)N(C)c1nc2c([nH]1)c(N)nc1ccccc12. The van der Waals surface area contributed by atoms with Gasteiger partial charge in [0.1, 0.15) is 16.9 Å². The number of hydrogen-bond donors (Lipinski definition) is 2. The lowest BCUT2D eigenvalue weighted by Crippen LogP contribution is -2.33. The van der Waals surface area contributed by atoms with Crippen LogP contribution < -0.4 is 10.6 Å². The van der Waals surface area contributed by atoms with Gasteiger partial charge in [0.15, 0.2) is 0 Å². The number of imidazole rings is 1. The molecule has 122 valence electrons. The fourth-order valence-corrected chi connectivity index (χ4v) is 3.18. The Kier molecular flexibility index (Phi) is 4.11. The lowest BCUT2D eigenvalue weighted by molar-refractivity contribution is 0.466. The summed E-state index contributed by atoms with van der Waals surface area (Å²) in [6, 6.07) is 8.44. The van der Waals surface area contributed by atoms with Gasteiger partial charge < -0.3 is 15.6 Å². The molecule has 3 rings (SSSR count). The summed E-state index contributed by atoms with van der Waals surface area (Å²) in [5.41, 5.74) is 8.73. The number of rotatable bonds is 5. The Bertz CT molecular complexity index is 821. The predicted molar refractivity (Wildman–Crippen MR) is 97.7 cm³/mol. The standard InChI is InChI=1S/C18H25N5/c1-5-12(10-11(2)3)23(4)18-21-15-13-8-6-7-9-14(13)20-17(19)16(15)22-18/h6-9,11-12H,5,10H2,1-4H3,(H2,19,20)(H,21,22). The van der Waals surface area contributed by atoms with E-state index in [-0.39, 0.29) is 0 Å². The van der Waals surface area contributed by atoms with Gasteiger partial charge in [-0.05, 0) is 24.8 Å². The van der Waals surface area contributed by atoms with Crippen LogP contribution in [0, 0.1) is 5.92 Å². The summed E-state index contributed by atoms with van der Waals surface area (Å²) in [5.74, 6) is 2.01. The van der Waals surface area contributed by atoms with Gasteiger partial charge in [0.2, 0.25) is 5.95 Å². The van der Waals surface area contributed by atoms with Crippen LogP contribution in [0.2, 0.25) is 0 Å². The first-order valence-corrected chi connectivity index (χ1v) is 8.28. The van der Waals surface area contributed by atoms with E-state index in [4.69, 9.17) is 10.7 Å². The van der Waals surface area contributed by atoms with E-state index in [1.807, 2.05) is 24.3 Å². The molecule has 5 heteroatoms. The second-order valence-electron chi connectivity index (χ2n) is 6.60. The average molecular weight is 311 g/mol. The van der Waals surface area contributed by atoms with Gasteiger partial charge in [-0.1, -0.05) is 39.0 Å². The van der Waals surface area contributed by atoms with Crippen molar-refractivity contribution in [3.05, 3.63) is 24.3 Å². The highest BCUT2D eigenvalue weighted by atomic mass is 15.3. The number of nitrogens with two attached hydrogens (primary N) is 1. The predicted octanol–water partition coefficient (Wildman–Crippen LogP) is 3.95. The Morgan fingerprint density at radius 3 is 2.65 bits per heavy atom. The molecule has 3 N–H and O–H groups in total. The number of para-hydroxylation sites is 1. The van der Waals surface area contributed by atoms with Crippen molar-refractivity contribution in [2.75, 3.05) is 17.7 Å². The second-order valence-corrected chi connectivity index (χ2v) is 6.60. The first kappa shape index (κ1) is 15.6. The Morgan fingerprint density at radius 2 is 1.96 bits per heavy atom. The van der Waals surface area contributed by atoms with Crippen molar-refractivity contribution in [1.29, 1.82) is 0 Å². The monoisotopic (exact) mass is 311 g/mol. The fraction of sp³-hybridized carbons (Fsp3) is 0.444. The molecule has 3 aromatic rings. The van der Waals surface area contributed by atoms with Crippen LogP contribution in [0.1, 0.15) is 33.6 Å². The molecular formula is C18H25N5. The minimum absolute atomic E-state index is 0.455. The highest BCUT2D eigenvalue weighted by Gasteiger charge is 2.19. The van der Waals surface area contributed by atoms with Crippen LogP contribution in [0.4, 0.5) is 11.8 Å². The van der Waals surface area contributed by atoms with Gasteiger partial charge >= 0.3 is 0 Å². The molecule has 0 radical (unpaired) electrons. The molecule has 2 aromatic heterocycles. The van der Waals surface area contributed by atoms with Crippen molar-refractivity contribution in [3.63, 3.8) is 0 Å². The van der Waals surface area contributed by atoms with E-state index in [9.17, 15) is 0 Å². The number of anilines is 2. The molecule has 0 amide bonds. The van der Waals surface area contributed by atoms with Crippen LogP contribution in [0.15, 0.2) is 24.3 Å². The fourth-order valence-electron chi connectivity index (χ4n) is 3.18. The van der Waals surface area contributed by atoms with E-state index in [2.05, 4.69) is 42.7 Å². The van der Waals surface area contributed by atoms with Gasteiger partial charge in [-0.3, -0.25) is 0 Å². The number of nitrogens with zero attached hydrogens (tertiary/aromatic N) is 3. The smallest absolute Gasteiger partial charge is 0.203 e. The average Bonchev–Trinajstić information content (AvgIpc) is 2.98. The summed E-state index contributed by atoms with van der Waals surface area (Å²) in [4.78, 5) is 14.9. The quantitative estimate of drug-likeness (QED) is 0.748. The molecule has 0 saturated carbocycles. The van der Waals surface area contributed by atoms with E-state index in [0.29, 0.717) is 17.8 Å². The number of benzene rings is 1. The number of aromatic nitrogens is 3. The molecule has 0 fully saturated rings. The minimum Gasteiger partial charge on any atom is -0.382 e. The Balaban J connectivity index is 2.09. The highest BCUT2D eigenvalue weighted by Crippen LogP contribution is 2.29. The first-order valence-electron chi connectivity index (χ1n) is 8.28. The summed E-state index contributed by atoms with van der Waals surface area (Å²) in [7, 11) is 2.10. The number of hydrogen-bond acceptors (Lipinski definition) is 4. The largest absolute Gasteiger partial charge is 0.382 e. The van der Waals surface area contributed by atoms with Gasteiger partial charge in [-0.2, -0.15) is 0 Å². The van der Waals surface area contributed by atoms with E-state index < -0.39 is 0 Å². The zero-order valence-electron chi connectivity index (χ0n) is 14.3. The van der Waals surface area contributed by atoms with Crippen molar-refractivity contribution >= 4 is 33.7 Å². The maximum absolute atomic E-state index is 6.12. The summed E-state index contributed by atoms with van der Waals surface area (Å²) in [6.07, 6.45) is 2.22. The minimum atomic E-state index is 0.455. The van der Waals surface area contributed by atoms with Gasteiger partial charge in [0, 0.05) is 18.5 Å². The van der Waals surface area contributed by atoms with Crippen molar-refractivity contribution in [2.45, 2.75) is 39.7 Å². The topological polar surface area (TPSA) is 70.8 Å². The number of pyridine rings is 1. The van der Waals surface area contributed by atoms with Crippen molar-refractivity contribution in [3.8, 4) is 0 Å². The zero-order valence-corrected chi connectivity index (χ0v) is 14.3. The van der Waals surface area contributed by atoms with Crippen LogP contribution in [-0.4, -0.2) is 28.0 Å². The third-order valence-corrected chi connectivity index (χ3v) is 4.44. The van der Waals surface area contributed by atoms with Gasteiger partial charge in [-0.15, -0.1) is 0 Å². The van der Waals surface area contributed by atoms with Crippen molar-refractivity contribution in [2.24, 2.45) is 5.92 Å². The number of nitrogens with one attached hydrogen (secondary N) is 1. The van der Waals surface area contributed by atoms with Crippen LogP contribution in [0.5, 0.6) is 0 Å². The first-order chi connectivity index (χ1) is 11.0. The zero-order chi connectivity index (χ0) is 16.6. The van der Waals surface area contributed by atoms with E-state index in [1.165, 1.54) is 0 Å². The molecular weight excluding hydrogens is 286 g/mol. The second kappa shape index (κ2) is 6.07. The molecule has 2 heterocycles. The normalized spacial score (nSPS) is 13.1. The number of aromatic amines is 1. The van der Waals surface area contributed by atoms with Crippen LogP contribution >= 0.6 is 0 Å². The molecule has 0 aliphatic carbocycles. The maximum atomic E-state index is 6.12. The molecule has 0 saturated heterocycles. The highest BCUT2D eigenvalue weighted by molar-refractivity contribution is 6.06. The van der Waals surface area contributed by atoms with Gasteiger partial charge in [-0.25, -0.2) is 9.97 Å². The Morgan fingerprint density at radius 1 is 1.22 bits per heavy atom. The molecule has 1 aromatic carbocycles. The van der Waals surface area contributed by atoms with E-state index in [1.54, 1.807) is 0 Å². The third kappa shape index (κ3) is 2.83. The Hall–Kier alpha value is -2.30. The Labute approximate surface area is 136 Å². The van der Waals surface area contributed by atoms with Crippen molar-refractivity contribution < 1.29 is 0 Å². The summed E-state index contributed by atoms with van der Waals surface area (Å²) in [6.45, 7) is 6.73. The summed E-state index contributed by atoms with van der Waals surface area (Å²) < 4.78 is 0. The third-order valence-electron chi connectivity index (χ3n) is 4.44. The number of H-pyrrole nitrogens is 1.